The van der Waals surface area contributed by atoms with E-state index in [1.165, 1.54) is 0 Å². The summed E-state index contributed by atoms with van der Waals surface area (Å²) in [5.41, 5.74) is -0.584. The number of hydrogen-bond acceptors (Lipinski definition) is 5. The number of amides is 1. The van der Waals surface area contributed by atoms with Crippen LogP contribution in [0.2, 0.25) is 0 Å². The maximum Gasteiger partial charge on any atom is 0.319 e. The average molecular weight is 381 g/mol. The number of nitrogens with one attached hydrogen (secondary N) is 1. The van der Waals surface area contributed by atoms with Crippen LogP contribution in [0, 0.1) is 12.3 Å². The van der Waals surface area contributed by atoms with Gasteiger partial charge in [-0.1, -0.05) is 30.8 Å². The Kier molecular flexibility index (Phi) is 6.14. The highest BCUT2D eigenvalue weighted by molar-refractivity contribution is 6.01. The van der Waals surface area contributed by atoms with Gasteiger partial charge < -0.3 is 14.9 Å². The second kappa shape index (κ2) is 8.37. The molecule has 1 aliphatic heterocycles. The zero-order chi connectivity index (χ0) is 19.4. The Morgan fingerprint density at radius 1 is 1.37 bits per heavy atom. The van der Waals surface area contributed by atoms with Crippen molar-refractivity contribution < 1.29 is 23.6 Å². The number of alkyl halides is 1. The predicted octanol–water partition coefficient (Wildman–Crippen LogP) is 2.44. The predicted molar refractivity (Wildman–Crippen MR) is 95.7 cm³/mol. The molecule has 0 unspecified atom stereocenters. The van der Waals surface area contributed by atoms with Crippen LogP contribution in [0.4, 0.5) is 4.39 Å². The van der Waals surface area contributed by atoms with Crippen molar-refractivity contribution in [1.82, 2.24) is 15.4 Å². The summed E-state index contributed by atoms with van der Waals surface area (Å²) >= 11 is 0. The maximum atomic E-state index is 14.0. The van der Waals surface area contributed by atoms with Gasteiger partial charge in [-0.25, -0.2) is 4.39 Å². The summed E-state index contributed by atoms with van der Waals surface area (Å²) in [4.78, 5) is 26.6. The van der Waals surface area contributed by atoms with Gasteiger partial charge in [-0.3, -0.25) is 14.5 Å². The Morgan fingerprint density at radius 3 is 2.67 bits per heavy atom. The van der Waals surface area contributed by atoms with Crippen molar-refractivity contribution in [2.24, 2.45) is 5.41 Å². The van der Waals surface area contributed by atoms with E-state index >= 15 is 0 Å². The van der Waals surface area contributed by atoms with E-state index in [-0.39, 0.29) is 19.1 Å². The van der Waals surface area contributed by atoms with Gasteiger partial charge in [-0.15, -0.1) is 0 Å². The van der Waals surface area contributed by atoms with Crippen molar-refractivity contribution in [3.05, 3.63) is 17.5 Å². The van der Waals surface area contributed by atoms with Crippen molar-refractivity contribution in [2.75, 3.05) is 13.1 Å². The van der Waals surface area contributed by atoms with Crippen molar-refractivity contribution >= 4 is 11.9 Å². The lowest BCUT2D eigenvalue weighted by Crippen LogP contribution is -2.49. The number of carbonyl (C=O) groups excluding carboxylic acids is 1. The number of carbonyl (C=O) groups is 2. The molecular weight excluding hydrogens is 353 g/mol. The van der Waals surface area contributed by atoms with E-state index in [2.05, 4.69) is 10.5 Å². The molecule has 2 heterocycles. The van der Waals surface area contributed by atoms with Crippen molar-refractivity contribution in [3.8, 4) is 0 Å². The van der Waals surface area contributed by atoms with Crippen LogP contribution in [0.1, 0.15) is 56.4 Å². The monoisotopic (exact) mass is 381 g/mol. The van der Waals surface area contributed by atoms with Gasteiger partial charge in [-0.05, 0) is 26.2 Å². The molecule has 1 saturated carbocycles. The number of carboxylic acids is 1. The molecule has 0 aromatic carbocycles. The Morgan fingerprint density at radius 2 is 2.07 bits per heavy atom. The highest BCUT2D eigenvalue weighted by Crippen LogP contribution is 2.36. The minimum atomic E-state index is -1.35. The largest absolute Gasteiger partial charge is 0.480 e. The standard InChI is InChI=1S/C19H28FN3O4/c1-13-8-16(27-22-13)12-23-11-14(20)9-15(23)10-21-17(24)19(18(25)26)6-4-2-3-5-7-19/h8,14-15H,2-7,9-12H2,1H3,(H,21,24)(H,25,26)/t14-,15-/m0/s1. The molecule has 2 atom stereocenters. The van der Waals surface area contributed by atoms with Crippen LogP contribution in [0.5, 0.6) is 0 Å². The van der Waals surface area contributed by atoms with E-state index in [9.17, 15) is 19.1 Å². The molecule has 150 valence electrons. The quantitative estimate of drug-likeness (QED) is 0.580. The van der Waals surface area contributed by atoms with Crippen LogP contribution in [-0.2, 0) is 16.1 Å². The summed E-state index contributed by atoms with van der Waals surface area (Å²) in [6.45, 7) is 2.75. The van der Waals surface area contributed by atoms with Gasteiger partial charge in [0.1, 0.15) is 11.6 Å². The van der Waals surface area contributed by atoms with Gasteiger partial charge in [0.2, 0.25) is 5.91 Å². The summed E-state index contributed by atoms with van der Waals surface area (Å²) in [5.74, 6) is -0.830. The zero-order valence-corrected chi connectivity index (χ0v) is 15.7. The van der Waals surface area contributed by atoms with Crippen molar-refractivity contribution in [3.63, 3.8) is 0 Å². The van der Waals surface area contributed by atoms with Crippen molar-refractivity contribution in [1.29, 1.82) is 0 Å². The zero-order valence-electron chi connectivity index (χ0n) is 15.7. The van der Waals surface area contributed by atoms with Crippen LogP contribution in [0.25, 0.3) is 0 Å². The number of aryl methyl sites for hydroxylation is 1. The van der Waals surface area contributed by atoms with Gasteiger partial charge in [0, 0.05) is 25.2 Å². The molecule has 1 aliphatic carbocycles. The third-order valence-electron chi connectivity index (χ3n) is 5.81. The average Bonchev–Trinajstić information content (AvgIpc) is 3.07. The first-order valence-electron chi connectivity index (χ1n) is 9.73. The van der Waals surface area contributed by atoms with E-state index in [0.29, 0.717) is 31.6 Å². The lowest BCUT2D eigenvalue weighted by atomic mass is 9.79. The smallest absolute Gasteiger partial charge is 0.319 e. The topological polar surface area (TPSA) is 95.7 Å². The molecule has 3 rings (SSSR count). The van der Waals surface area contributed by atoms with Gasteiger partial charge in [0.25, 0.3) is 0 Å². The Hall–Kier alpha value is -1.96. The second-order valence-electron chi connectivity index (χ2n) is 7.86. The van der Waals surface area contributed by atoms with E-state index in [4.69, 9.17) is 4.52 Å². The van der Waals surface area contributed by atoms with Crippen LogP contribution in [0.3, 0.4) is 0 Å². The van der Waals surface area contributed by atoms with E-state index in [1.54, 1.807) is 0 Å². The summed E-state index contributed by atoms with van der Waals surface area (Å²) in [7, 11) is 0. The third kappa shape index (κ3) is 4.48. The van der Waals surface area contributed by atoms with Gasteiger partial charge >= 0.3 is 5.97 Å². The molecule has 27 heavy (non-hydrogen) atoms. The minimum Gasteiger partial charge on any atom is -0.480 e. The molecule has 0 spiro atoms. The summed E-state index contributed by atoms with van der Waals surface area (Å²) in [6.07, 6.45) is 3.48. The van der Waals surface area contributed by atoms with Crippen molar-refractivity contribution in [2.45, 2.75) is 70.6 Å². The molecule has 1 aromatic heterocycles. The lowest BCUT2D eigenvalue weighted by molar-refractivity contribution is -0.157. The van der Waals surface area contributed by atoms with E-state index in [0.717, 1.165) is 31.4 Å². The first-order chi connectivity index (χ1) is 12.9. The minimum absolute atomic E-state index is 0.189. The Bertz CT molecular complexity index is 670. The van der Waals surface area contributed by atoms with Crippen LogP contribution >= 0.6 is 0 Å². The number of likely N-dealkylation sites (tertiary alicyclic amines) is 1. The normalized spacial score (nSPS) is 25.9. The van der Waals surface area contributed by atoms with E-state index < -0.39 is 23.5 Å². The number of halogens is 1. The van der Waals surface area contributed by atoms with Gasteiger partial charge in [-0.2, -0.15) is 0 Å². The lowest BCUT2D eigenvalue weighted by Gasteiger charge is -2.29. The molecule has 0 bridgehead atoms. The number of hydrogen-bond donors (Lipinski definition) is 2. The molecule has 2 N–H and O–H groups in total. The molecule has 7 nitrogen and oxygen atoms in total. The second-order valence-corrected chi connectivity index (χ2v) is 7.86. The number of carboxylic acid groups (broad SMARTS) is 1. The first kappa shape index (κ1) is 19.8. The molecule has 1 amide bonds. The van der Waals surface area contributed by atoms with Crippen LogP contribution < -0.4 is 5.32 Å². The molecular formula is C19H28FN3O4. The van der Waals surface area contributed by atoms with Crippen LogP contribution in [0.15, 0.2) is 10.6 Å². The molecule has 2 fully saturated rings. The number of aromatic nitrogens is 1. The fourth-order valence-electron chi connectivity index (χ4n) is 4.27. The molecule has 1 aromatic rings. The Balaban J connectivity index is 1.62. The highest BCUT2D eigenvalue weighted by atomic mass is 19.1. The van der Waals surface area contributed by atoms with Gasteiger partial charge in [0.15, 0.2) is 5.76 Å². The number of aliphatic carboxylic acids is 1. The summed E-state index contributed by atoms with van der Waals surface area (Å²) in [6, 6.07) is 1.62. The highest BCUT2D eigenvalue weighted by Gasteiger charge is 2.46. The molecule has 1 saturated heterocycles. The third-order valence-corrected chi connectivity index (χ3v) is 5.81. The van der Waals surface area contributed by atoms with Crippen LogP contribution in [-0.4, -0.2) is 52.3 Å². The molecule has 2 aliphatic rings. The Labute approximate surface area is 158 Å². The SMILES string of the molecule is Cc1cc(CN2C[C@@H](F)C[C@H]2CNC(=O)C2(C(=O)O)CCCCCC2)on1. The fraction of sp³-hybridized carbons (Fsp3) is 0.737. The summed E-state index contributed by atoms with van der Waals surface area (Å²) in [5, 5.41) is 16.4. The number of nitrogens with zero attached hydrogens (tertiary/aromatic N) is 2. The maximum absolute atomic E-state index is 14.0. The molecule has 0 radical (unpaired) electrons. The molecule has 8 heteroatoms. The number of rotatable bonds is 6. The first-order valence-corrected chi connectivity index (χ1v) is 9.73. The summed E-state index contributed by atoms with van der Waals surface area (Å²) < 4.78 is 19.2. The fourth-order valence-corrected chi connectivity index (χ4v) is 4.27. The van der Waals surface area contributed by atoms with E-state index in [1.807, 2.05) is 17.9 Å². The van der Waals surface area contributed by atoms with Gasteiger partial charge in [0.05, 0.1) is 12.2 Å².